The molecule has 44 heavy (non-hydrogen) atoms. The lowest BCUT2D eigenvalue weighted by Gasteiger charge is -2.20. The predicted molar refractivity (Wildman–Crippen MR) is 162 cm³/mol. The third kappa shape index (κ3) is 6.94. The topological polar surface area (TPSA) is 9.23 Å². The zero-order valence-corrected chi connectivity index (χ0v) is 24.4. The minimum absolute atomic E-state index is 0.0835. The van der Waals surface area contributed by atoms with Crippen molar-refractivity contribution in [3.05, 3.63) is 136 Å². The lowest BCUT2D eigenvalue weighted by atomic mass is 9.99. The molecular formula is C36H27ClF6O. The van der Waals surface area contributed by atoms with Crippen LogP contribution in [0.15, 0.2) is 97.1 Å². The van der Waals surface area contributed by atoms with Gasteiger partial charge in [-0.2, -0.15) is 8.78 Å². The molecule has 0 aliphatic heterocycles. The van der Waals surface area contributed by atoms with E-state index in [0.717, 1.165) is 49.4 Å². The molecule has 0 saturated carbocycles. The van der Waals surface area contributed by atoms with Crippen molar-refractivity contribution in [2.75, 3.05) is 0 Å². The first-order valence-electron chi connectivity index (χ1n) is 14.1. The van der Waals surface area contributed by atoms with E-state index in [1.165, 1.54) is 48.5 Å². The van der Waals surface area contributed by atoms with Gasteiger partial charge in [-0.3, -0.25) is 0 Å². The molecule has 8 heteroatoms. The van der Waals surface area contributed by atoms with E-state index in [0.29, 0.717) is 22.3 Å². The van der Waals surface area contributed by atoms with Crippen LogP contribution in [-0.2, 0) is 12.5 Å². The third-order valence-corrected chi connectivity index (χ3v) is 7.63. The minimum Gasteiger partial charge on any atom is -0.429 e. The number of ether oxygens (including phenoxy) is 1. The molecule has 5 aromatic rings. The highest BCUT2D eigenvalue weighted by molar-refractivity contribution is 6.30. The molecule has 5 rings (SSSR count). The third-order valence-electron chi connectivity index (χ3n) is 7.32. The Morgan fingerprint density at radius 3 is 1.75 bits per heavy atom. The van der Waals surface area contributed by atoms with Crippen LogP contribution in [0.2, 0.25) is 5.02 Å². The molecule has 0 fully saturated rings. The van der Waals surface area contributed by atoms with E-state index in [1.54, 1.807) is 18.2 Å². The summed E-state index contributed by atoms with van der Waals surface area (Å²) in [6, 6.07) is 22.3. The Labute approximate surface area is 256 Å². The molecule has 0 heterocycles. The van der Waals surface area contributed by atoms with Gasteiger partial charge in [-0.25, -0.2) is 17.6 Å². The molecule has 0 amide bonds. The molecule has 0 bridgehead atoms. The average Bonchev–Trinajstić information content (AvgIpc) is 2.99. The van der Waals surface area contributed by atoms with E-state index in [1.807, 2.05) is 12.1 Å². The second-order valence-corrected chi connectivity index (χ2v) is 10.8. The molecule has 0 aromatic heterocycles. The number of alkyl halides is 2. The molecule has 0 atom stereocenters. The highest BCUT2D eigenvalue weighted by Crippen LogP contribution is 2.38. The van der Waals surface area contributed by atoms with Gasteiger partial charge >= 0.3 is 6.11 Å². The molecule has 0 radical (unpaired) electrons. The Balaban J connectivity index is 1.31. The molecule has 0 aliphatic rings. The van der Waals surface area contributed by atoms with E-state index in [2.05, 4.69) is 6.92 Å². The normalized spacial score (nSPS) is 11.5. The van der Waals surface area contributed by atoms with Gasteiger partial charge in [-0.05, 0) is 88.7 Å². The first kappa shape index (κ1) is 31.2. The minimum atomic E-state index is -4.32. The number of hydrogen-bond acceptors (Lipinski definition) is 1. The van der Waals surface area contributed by atoms with Crippen LogP contribution in [0.5, 0.6) is 5.75 Å². The smallest absolute Gasteiger partial charge is 0.429 e. The Bertz CT molecular complexity index is 1740. The second kappa shape index (κ2) is 13.2. The van der Waals surface area contributed by atoms with Crippen molar-refractivity contribution in [1.29, 1.82) is 0 Å². The summed E-state index contributed by atoms with van der Waals surface area (Å²) >= 11 is 5.70. The summed E-state index contributed by atoms with van der Waals surface area (Å²) in [5.74, 6) is -4.55. The van der Waals surface area contributed by atoms with Crippen LogP contribution in [0.1, 0.15) is 37.3 Å². The number of halogens is 7. The number of unbranched alkanes of at least 4 members (excludes halogenated alkanes) is 2. The van der Waals surface area contributed by atoms with Crippen molar-refractivity contribution in [1.82, 2.24) is 0 Å². The Hall–Kier alpha value is -4.23. The molecule has 0 spiro atoms. The second-order valence-electron chi connectivity index (χ2n) is 10.4. The lowest BCUT2D eigenvalue weighted by molar-refractivity contribution is -0.189. The molecule has 0 saturated heterocycles. The van der Waals surface area contributed by atoms with Crippen LogP contribution in [0.25, 0.3) is 33.4 Å². The fourth-order valence-corrected chi connectivity index (χ4v) is 5.09. The number of aryl methyl sites for hydroxylation is 1. The largest absolute Gasteiger partial charge is 0.432 e. The first-order valence-corrected chi connectivity index (χ1v) is 14.4. The van der Waals surface area contributed by atoms with E-state index < -0.39 is 34.9 Å². The van der Waals surface area contributed by atoms with Gasteiger partial charge < -0.3 is 4.74 Å². The van der Waals surface area contributed by atoms with Crippen LogP contribution < -0.4 is 4.74 Å². The van der Waals surface area contributed by atoms with Crippen LogP contribution in [0.3, 0.4) is 0 Å². The van der Waals surface area contributed by atoms with Gasteiger partial charge in [0.25, 0.3) is 0 Å². The maximum Gasteiger partial charge on any atom is 0.432 e. The number of hydrogen-bond donors (Lipinski definition) is 0. The van der Waals surface area contributed by atoms with E-state index in [9.17, 15) is 17.6 Å². The number of rotatable bonds is 10. The average molecular weight is 625 g/mol. The molecule has 226 valence electrons. The quantitative estimate of drug-likeness (QED) is 0.111. The van der Waals surface area contributed by atoms with E-state index in [-0.39, 0.29) is 21.9 Å². The van der Waals surface area contributed by atoms with Crippen molar-refractivity contribution in [2.45, 2.75) is 38.7 Å². The maximum atomic E-state index is 15.0. The highest BCUT2D eigenvalue weighted by Gasteiger charge is 2.41. The van der Waals surface area contributed by atoms with Crippen LogP contribution in [0, 0.1) is 23.3 Å². The molecule has 1 nitrogen and oxygen atoms in total. The van der Waals surface area contributed by atoms with Crippen molar-refractivity contribution in [3.63, 3.8) is 0 Å². The molecule has 0 N–H and O–H groups in total. The predicted octanol–water partition coefficient (Wildman–Crippen LogP) is 11.8. The summed E-state index contributed by atoms with van der Waals surface area (Å²) < 4.78 is 93.4. The summed E-state index contributed by atoms with van der Waals surface area (Å²) in [6.07, 6.45) is -0.208. The van der Waals surface area contributed by atoms with Gasteiger partial charge in [0, 0.05) is 5.56 Å². The summed E-state index contributed by atoms with van der Waals surface area (Å²) in [4.78, 5) is 0. The van der Waals surface area contributed by atoms with E-state index >= 15 is 8.78 Å². The van der Waals surface area contributed by atoms with Crippen molar-refractivity contribution >= 4 is 11.6 Å². The first-order chi connectivity index (χ1) is 21.1. The van der Waals surface area contributed by atoms with Crippen LogP contribution >= 0.6 is 11.6 Å². The standard InChI is InChI=1S/C36H27ClF6O/c1-2-3-4-5-22-6-8-24(9-7-22)27-20-33(40)35(34(41)21-27)36(42,43)44-28-14-10-23(11-15-28)25-12-16-29(31(38)18-25)26-13-17-30(37)32(39)19-26/h6-21H,2-5H2,1H3. The Morgan fingerprint density at radius 1 is 0.591 bits per heavy atom. The zero-order chi connectivity index (χ0) is 31.4. The molecule has 5 aromatic carbocycles. The van der Waals surface area contributed by atoms with Crippen molar-refractivity contribution < 1.29 is 31.1 Å². The highest BCUT2D eigenvalue weighted by atomic mass is 35.5. The SMILES string of the molecule is CCCCCc1ccc(-c2cc(F)c(C(F)(F)Oc3ccc(-c4ccc(-c5ccc(Cl)c(F)c5)c(F)c4)cc3)c(F)c2)cc1. The molecule has 0 aliphatic carbocycles. The van der Waals surface area contributed by atoms with Gasteiger partial charge in [0.2, 0.25) is 0 Å². The summed E-state index contributed by atoms with van der Waals surface area (Å²) in [5, 5.41) is -0.0835. The summed E-state index contributed by atoms with van der Waals surface area (Å²) in [6.45, 7) is 2.11. The fourth-order valence-electron chi connectivity index (χ4n) is 4.97. The van der Waals surface area contributed by atoms with E-state index in [4.69, 9.17) is 16.3 Å². The maximum absolute atomic E-state index is 15.0. The van der Waals surface area contributed by atoms with Gasteiger partial charge in [0.05, 0.1) is 5.02 Å². The molecule has 0 unspecified atom stereocenters. The van der Waals surface area contributed by atoms with Gasteiger partial charge in [-0.1, -0.05) is 86.0 Å². The van der Waals surface area contributed by atoms with Crippen molar-refractivity contribution in [3.8, 4) is 39.1 Å². The zero-order valence-electron chi connectivity index (χ0n) is 23.6. The number of benzene rings is 5. The Morgan fingerprint density at radius 2 is 1.14 bits per heavy atom. The van der Waals surface area contributed by atoms with Gasteiger partial charge in [0.1, 0.15) is 34.6 Å². The summed E-state index contributed by atoms with van der Waals surface area (Å²) in [7, 11) is 0. The summed E-state index contributed by atoms with van der Waals surface area (Å²) in [5.41, 5.74) is 1.54. The monoisotopic (exact) mass is 624 g/mol. The lowest BCUT2D eigenvalue weighted by Crippen LogP contribution is -2.25. The van der Waals surface area contributed by atoms with Gasteiger partial charge in [0.15, 0.2) is 0 Å². The fraction of sp³-hybridized carbons (Fsp3) is 0.167. The van der Waals surface area contributed by atoms with Crippen molar-refractivity contribution in [2.24, 2.45) is 0 Å². The van der Waals surface area contributed by atoms with Gasteiger partial charge in [-0.15, -0.1) is 0 Å². The van der Waals surface area contributed by atoms with Crippen LogP contribution in [0.4, 0.5) is 26.3 Å². The van der Waals surface area contributed by atoms with Crippen LogP contribution in [-0.4, -0.2) is 0 Å². The Kier molecular flexibility index (Phi) is 9.35. The molecular weight excluding hydrogens is 598 g/mol.